The molecule has 0 spiro atoms. The number of ether oxygens (including phenoxy) is 1. The number of carbonyl (C=O) groups is 1. The van der Waals surface area contributed by atoms with Crippen LogP contribution in [0, 0.1) is 12.7 Å². The molecule has 0 fully saturated rings. The van der Waals surface area contributed by atoms with Crippen molar-refractivity contribution >= 4 is 6.29 Å². The Morgan fingerprint density at radius 3 is 2.69 bits per heavy atom. The van der Waals surface area contributed by atoms with Gasteiger partial charge in [0.2, 0.25) is 0 Å². The fourth-order valence-electron chi connectivity index (χ4n) is 1.10. The molecule has 0 aromatic heterocycles. The number of hydrogen-bond donors (Lipinski definition) is 1. The molecule has 3 nitrogen and oxygen atoms in total. The van der Waals surface area contributed by atoms with E-state index in [9.17, 15) is 14.3 Å². The molecule has 0 saturated carbocycles. The number of methoxy groups -OCH3 is 1. The van der Waals surface area contributed by atoms with Crippen molar-refractivity contribution in [1.29, 1.82) is 0 Å². The van der Waals surface area contributed by atoms with Crippen molar-refractivity contribution in [3.05, 3.63) is 23.0 Å². The average Bonchev–Trinajstić information content (AvgIpc) is 2.04. The number of phenolic OH excluding ortho intramolecular Hbond substituents is 1. The second kappa shape index (κ2) is 3.43. The number of halogens is 1. The van der Waals surface area contributed by atoms with Crippen molar-refractivity contribution in [2.75, 3.05) is 7.11 Å². The van der Waals surface area contributed by atoms with Gasteiger partial charge in [0.25, 0.3) is 0 Å². The van der Waals surface area contributed by atoms with Crippen LogP contribution in [0.15, 0.2) is 6.07 Å². The number of hydrogen-bond acceptors (Lipinski definition) is 3. The molecule has 1 aromatic rings. The zero-order valence-electron chi connectivity index (χ0n) is 7.30. The summed E-state index contributed by atoms with van der Waals surface area (Å²) in [4.78, 5) is 10.5. The number of carbonyl (C=O) groups excluding carboxylic acids is 1. The summed E-state index contributed by atoms with van der Waals surface area (Å²) in [7, 11) is 1.22. The standard InChI is InChI=1S/C9H9FO3/c1-5-3-7(10)9(13-2)8(12)6(5)4-11/h3-4,12H,1-2H3. The summed E-state index contributed by atoms with van der Waals surface area (Å²) in [6, 6.07) is 1.14. The number of aldehydes is 1. The van der Waals surface area contributed by atoms with Gasteiger partial charge in [-0.1, -0.05) is 0 Å². The molecular formula is C9H9FO3. The maximum absolute atomic E-state index is 13.0. The third-order valence-corrected chi connectivity index (χ3v) is 1.78. The lowest BCUT2D eigenvalue weighted by Gasteiger charge is -2.08. The Kier molecular flexibility index (Phi) is 2.51. The van der Waals surface area contributed by atoms with E-state index in [1.54, 1.807) is 0 Å². The van der Waals surface area contributed by atoms with Crippen molar-refractivity contribution in [1.82, 2.24) is 0 Å². The summed E-state index contributed by atoms with van der Waals surface area (Å²) in [5, 5.41) is 9.35. The van der Waals surface area contributed by atoms with Crippen LogP contribution in [0.25, 0.3) is 0 Å². The lowest BCUT2D eigenvalue weighted by Crippen LogP contribution is -1.95. The summed E-state index contributed by atoms with van der Waals surface area (Å²) < 4.78 is 17.6. The van der Waals surface area contributed by atoms with Gasteiger partial charge >= 0.3 is 0 Å². The van der Waals surface area contributed by atoms with Crippen molar-refractivity contribution in [2.45, 2.75) is 6.92 Å². The van der Waals surface area contributed by atoms with Gasteiger partial charge in [0.15, 0.2) is 23.6 Å². The Morgan fingerprint density at radius 1 is 1.62 bits per heavy atom. The average molecular weight is 184 g/mol. The van der Waals surface area contributed by atoms with Gasteiger partial charge in [-0.2, -0.15) is 0 Å². The van der Waals surface area contributed by atoms with E-state index in [4.69, 9.17) is 0 Å². The van der Waals surface area contributed by atoms with E-state index < -0.39 is 11.6 Å². The van der Waals surface area contributed by atoms with Crippen molar-refractivity contribution < 1.29 is 19.0 Å². The third-order valence-electron chi connectivity index (χ3n) is 1.78. The van der Waals surface area contributed by atoms with Crippen LogP contribution >= 0.6 is 0 Å². The van der Waals surface area contributed by atoms with E-state index in [1.807, 2.05) is 0 Å². The molecule has 0 atom stereocenters. The molecule has 0 bridgehead atoms. The number of phenols is 1. The second-order valence-corrected chi connectivity index (χ2v) is 2.59. The molecule has 1 N–H and O–H groups in total. The van der Waals surface area contributed by atoms with Gasteiger partial charge in [-0.25, -0.2) is 4.39 Å². The van der Waals surface area contributed by atoms with Gasteiger partial charge in [0, 0.05) is 0 Å². The molecule has 70 valence electrons. The normalized spacial score (nSPS) is 9.77. The Balaban J connectivity index is 3.47. The lowest BCUT2D eigenvalue weighted by atomic mass is 10.1. The highest BCUT2D eigenvalue weighted by Gasteiger charge is 2.15. The Hall–Kier alpha value is -1.58. The SMILES string of the molecule is COc1c(F)cc(C)c(C=O)c1O. The predicted molar refractivity (Wildman–Crippen MR) is 44.7 cm³/mol. The van der Waals surface area contributed by atoms with E-state index in [2.05, 4.69) is 4.74 Å². The van der Waals surface area contributed by atoms with Crippen LogP contribution in [0.5, 0.6) is 11.5 Å². The smallest absolute Gasteiger partial charge is 0.197 e. The zero-order valence-corrected chi connectivity index (χ0v) is 7.30. The highest BCUT2D eigenvalue weighted by Crippen LogP contribution is 2.33. The first-order chi connectivity index (χ1) is 6.11. The predicted octanol–water partition coefficient (Wildman–Crippen LogP) is 1.66. The minimum absolute atomic E-state index is 0.0539. The molecular weight excluding hydrogens is 175 g/mol. The van der Waals surface area contributed by atoms with Crippen LogP contribution in [0.1, 0.15) is 15.9 Å². The molecule has 13 heavy (non-hydrogen) atoms. The number of aryl methyl sites for hydroxylation is 1. The highest BCUT2D eigenvalue weighted by molar-refractivity contribution is 5.83. The van der Waals surface area contributed by atoms with E-state index in [1.165, 1.54) is 14.0 Å². The van der Waals surface area contributed by atoms with Crippen molar-refractivity contribution in [3.8, 4) is 11.5 Å². The molecule has 1 aromatic carbocycles. The number of rotatable bonds is 2. The Bertz CT molecular complexity index is 347. The minimum Gasteiger partial charge on any atom is -0.504 e. The first kappa shape index (κ1) is 9.51. The van der Waals surface area contributed by atoms with Crippen LogP contribution in [0.2, 0.25) is 0 Å². The first-order valence-corrected chi connectivity index (χ1v) is 3.63. The monoisotopic (exact) mass is 184 g/mol. The Labute approximate surface area is 74.8 Å². The molecule has 0 aliphatic rings. The van der Waals surface area contributed by atoms with E-state index in [0.29, 0.717) is 11.8 Å². The molecule has 0 amide bonds. The molecule has 0 aliphatic carbocycles. The molecule has 4 heteroatoms. The fraction of sp³-hybridized carbons (Fsp3) is 0.222. The topological polar surface area (TPSA) is 46.5 Å². The van der Waals surface area contributed by atoms with Crippen molar-refractivity contribution in [3.63, 3.8) is 0 Å². The fourth-order valence-corrected chi connectivity index (χ4v) is 1.10. The van der Waals surface area contributed by atoms with Gasteiger partial charge in [-0.05, 0) is 18.6 Å². The Morgan fingerprint density at radius 2 is 2.23 bits per heavy atom. The molecule has 0 saturated heterocycles. The summed E-state index contributed by atoms with van der Waals surface area (Å²) in [6.45, 7) is 1.53. The number of benzene rings is 1. The van der Waals surface area contributed by atoms with Gasteiger partial charge < -0.3 is 9.84 Å². The van der Waals surface area contributed by atoms with E-state index >= 15 is 0 Å². The molecule has 1 rings (SSSR count). The summed E-state index contributed by atoms with van der Waals surface area (Å²) >= 11 is 0. The van der Waals surface area contributed by atoms with Crippen LogP contribution in [0.4, 0.5) is 4.39 Å². The second-order valence-electron chi connectivity index (χ2n) is 2.59. The summed E-state index contributed by atoms with van der Waals surface area (Å²) in [5.74, 6) is -1.43. The summed E-state index contributed by atoms with van der Waals surface area (Å²) in [5.41, 5.74) is 0.434. The van der Waals surface area contributed by atoms with Crippen molar-refractivity contribution in [2.24, 2.45) is 0 Å². The van der Waals surface area contributed by atoms with E-state index in [-0.39, 0.29) is 11.3 Å². The number of aromatic hydroxyl groups is 1. The highest BCUT2D eigenvalue weighted by atomic mass is 19.1. The minimum atomic E-state index is -0.678. The molecule has 0 radical (unpaired) electrons. The van der Waals surface area contributed by atoms with Crippen LogP contribution in [0.3, 0.4) is 0 Å². The largest absolute Gasteiger partial charge is 0.504 e. The maximum Gasteiger partial charge on any atom is 0.197 e. The van der Waals surface area contributed by atoms with Gasteiger partial charge in [0.1, 0.15) is 0 Å². The van der Waals surface area contributed by atoms with Gasteiger partial charge in [0.05, 0.1) is 12.7 Å². The molecule has 0 unspecified atom stereocenters. The summed E-state index contributed by atoms with van der Waals surface area (Å²) in [6.07, 6.45) is 0.465. The van der Waals surface area contributed by atoms with Gasteiger partial charge in [-0.15, -0.1) is 0 Å². The molecule has 0 heterocycles. The first-order valence-electron chi connectivity index (χ1n) is 3.63. The van der Waals surface area contributed by atoms with E-state index in [0.717, 1.165) is 6.07 Å². The van der Waals surface area contributed by atoms with Crippen LogP contribution in [-0.4, -0.2) is 18.5 Å². The quantitative estimate of drug-likeness (QED) is 0.711. The maximum atomic E-state index is 13.0. The third kappa shape index (κ3) is 1.47. The van der Waals surface area contributed by atoms with Crippen LogP contribution < -0.4 is 4.74 Å². The molecule has 0 aliphatic heterocycles. The zero-order chi connectivity index (χ0) is 10.0. The van der Waals surface area contributed by atoms with Gasteiger partial charge in [-0.3, -0.25) is 4.79 Å². The lowest BCUT2D eigenvalue weighted by molar-refractivity contribution is 0.111. The van der Waals surface area contributed by atoms with Crippen LogP contribution in [-0.2, 0) is 0 Å².